The number of rotatable bonds is 2. The lowest BCUT2D eigenvalue weighted by Crippen LogP contribution is -2.02. The van der Waals surface area contributed by atoms with Gasteiger partial charge in [0.05, 0.1) is 0 Å². The lowest BCUT2D eigenvalue weighted by atomic mass is 9.96. The lowest BCUT2D eigenvalue weighted by molar-refractivity contribution is -0.117. The minimum absolute atomic E-state index is 0.281. The molecule has 74 valence electrons. The van der Waals surface area contributed by atoms with Crippen molar-refractivity contribution in [2.24, 2.45) is 0 Å². The molecule has 1 aromatic rings. The molecule has 1 atom stereocenters. The van der Waals surface area contributed by atoms with Crippen molar-refractivity contribution >= 4 is 33.5 Å². The molecule has 0 saturated carbocycles. The van der Waals surface area contributed by atoms with E-state index >= 15 is 0 Å². The summed E-state index contributed by atoms with van der Waals surface area (Å²) in [4.78, 5) is 12.4. The Morgan fingerprint density at radius 1 is 1.64 bits per heavy atom. The fourth-order valence-corrected chi connectivity index (χ4v) is 3.38. The Hall–Kier alpha value is -0.280. The number of carbonyl (C=O) groups excluding carboxylic acids is 1. The van der Waals surface area contributed by atoms with Gasteiger partial charge in [-0.1, -0.05) is 15.9 Å². The molecule has 0 saturated heterocycles. The number of Topliss-reactive ketones (excluding diaryl/α,β-unsaturated/α-hetero) is 1. The maximum Gasteiger partial charge on any atom is 0.130 e. The first-order valence-corrected chi connectivity index (χ1v) is 6.36. The molecular weight excluding hydrogens is 260 g/mol. The predicted octanol–water partition coefficient (Wildman–Crippen LogP) is 3.62. The number of hydrogen-bond donors (Lipinski definition) is 0. The zero-order chi connectivity index (χ0) is 10.1. The highest BCUT2D eigenvalue weighted by Crippen LogP contribution is 2.42. The summed E-state index contributed by atoms with van der Waals surface area (Å²) >= 11 is 5.32. The molecule has 0 fully saturated rings. The smallest absolute Gasteiger partial charge is 0.130 e. The largest absolute Gasteiger partial charge is 0.300 e. The van der Waals surface area contributed by atoms with Crippen LogP contribution in [0, 0.1) is 0 Å². The Labute approximate surface area is 96.4 Å². The highest BCUT2D eigenvalue weighted by molar-refractivity contribution is 9.10. The zero-order valence-corrected chi connectivity index (χ0v) is 10.3. The van der Waals surface area contributed by atoms with Crippen LogP contribution in [0.15, 0.2) is 27.6 Å². The molecule has 0 aromatic heterocycles. The average Bonchev–Trinajstić information content (AvgIpc) is 2.47. The summed E-state index contributed by atoms with van der Waals surface area (Å²) in [5.41, 5.74) is 1.33. The van der Waals surface area contributed by atoms with E-state index in [-0.39, 0.29) is 5.78 Å². The third-order valence-electron chi connectivity index (χ3n) is 2.39. The number of halogens is 1. The molecule has 0 amide bonds. The first kappa shape index (κ1) is 10.2. The predicted molar refractivity (Wildman–Crippen MR) is 62.9 cm³/mol. The minimum Gasteiger partial charge on any atom is -0.300 e. The molecule has 1 unspecified atom stereocenters. The average molecular weight is 271 g/mol. The van der Waals surface area contributed by atoms with Gasteiger partial charge in [0.2, 0.25) is 0 Å². The molecule has 2 rings (SSSR count). The summed E-state index contributed by atoms with van der Waals surface area (Å²) in [5.74, 6) is 1.75. The Morgan fingerprint density at radius 3 is 3.14 bits per heavy atom. The number of fused-ring (bicyclic) bond motifs is 1. The van der Waals surface area contributed by atoms with Crippen LogP contribution >= 0.6 is 27.7 Å². The van der Waals surface area contributed by atoms with E-state index in [2.05, 4.69) is 34.1 Å². The molecule has 1 aliphatic heterocycles. The van der Waals surface area contributed by atoms with Crippen LogP contribution in [0.1, 0.15) is 24.8 Å². The molecule has 3 heteroatoms. The Balaban J connectivity index is 2.28. The van der Waals surface area contributed by atoms with Crippen LogP contribution in [0.4, 0.5) is 0 Å². The second kappa shape index (κ2) is 4.07. The number of thioether (sulfide) groups is 1. The molecule has 14 heavy (non-hydrogen) atoms. The maximum atomic E-state index is 11.1. The van der Waals surface area contributed by atoms with Crippen molar-refractivity contribution in [1.29, 1.82) is 0 Å². The van der Waals surface area contributed by atoms with E-state index < -0.39 is 0 Å². The third-order valence-corrected chi connectivity index (χ3v) is 4.13. The van der Waals surface area contributed by atoms with E-state index in [0.29, 0.717) is 12.3 Å². The van der Waals surface area contributed by atoms with Crippen molar-refractivity contribution in [3.63, 3.8) is 0 Å². The fourth-order valence-electron chi connectivity index (χ4n) is 1.77. The van der Waals surface area contributed by atoms with Gasteiger partial charge in [-0.2, -0.15) is 0 Å². The molecule has 1 aliphatic rings. The van der Waals surface area contributed by atoms with E-state index in [9.17, 15) is 4.79 Å². The van der Waals surface area contributed by atoms with E-state index in [1.54, 1.807) is 6.92 Å². The quantitative estimate of drug-likeness (QED) is 0.817. The number of ketones is 1. The van der Waals surface area contributed by atoms with Crippen LogP contribution < -0.4 is 0 Å². The van der Waals surface area contributed by atoms with Gasteiger partial charge in [0.25, 0.3) is 0 Å². The summed E-state index contributed by atoms with van der Waals surface area (Å²) < 4.78 is 1.10. The van der Waals surface area contributed by atoms with Gasteiger partial charge in [0.1, 0.15) is 5.78 Å². The summed E-state index contributed by atoms with van der Waals surface area (Å²) in [6.45, 7) is 1.67. The minimum atomic E-state index is 0.281. The summed E-state index contributed by atoms with van der Waals surface area (Å²) in [7, 11) is 0. The van der Waals surface area contributed by atoms with Gasteiger partial charge in [-0.25, -0.2) is 0 Å². The summed E-state index contributed by atoms with van der Waals surface area (Å²) in [6.07, 6.45) is 0.677. The Morgan fingerprint density at radius 2 is 2.43 bits per heavy atom. The number of benzene rings is 1. The molecule has 0 N–H and O–H groups in total. The lowest BCUT2D eigenvalue weighted by Gasteiger charge is -2.07. The molecule has 1 nitrogen and oxygen atoms in total. The van der Waals surface area contributed by atoms with E-state index in [1.165, 1.54) is 10.5 Å². The van der Waals surface area contributed by atoms with Crippen LogP contribution in [0.25, 0.3) is 0 Å². The second-order valence-electron chi connectivity index (χ2n) is 3.60. The SMILES string of the molecule is CC(=O)CC1CSc2ccc(Br)cc21. The van der Waals surface area contributed by atoms with Crippen molar-refractivity contribution in [1.82, 2.24) is 0 Å². The van der Waals surface area contributed by atoms with Gasteiger partial charge in [0, 0.05) is 27.5 Å². The van der Waals surface area contributed by atoms with E-state index in [4.69, 9.17) is 0 Å². The molecule has 0 aliphatic carbocycles. The molecular formula is C11H11BrOS. The summed E-state index contributed by atoms with van der Waals surface area (Å²) in [6, 6.07) is 6.33. The van der Waals surface area contributed by atoms with Crippen LogP contribution in [-0.2, 0) is 4.79 Å². The highest BCUT2D eigenvalue weighted by Gasteiger charge is 2.24. The fraction of sp³-hybridized carbons (Fsp3) is 0.364. The third kappa shape index (κ3) is 2.04. The Bertz CT molecular complexity index is 376. The van der Waals surface area contributed by atoms with Crippen LogP contribution in [0.2, 0.25) is 0 Å². The molecule has 0 bridgehead atoms. The molecule has 1 aromatic carbocycles. The van der Waals surface area contributed by atoms with Gasteiger partial charge in [-0.05, 0) is 30.7 Å². The van der Waals surface area contributed by atoms with Gasteiger partial charge in [0.15, 0.2) is 0 Å². The molecule has 0 radical (unpaired) electrons. The topological polar surface area (TPSA) is 17.1 Å². The monoisotopic (exact) mass is 270 g/mol. The number of carbonyl (C=O) groups is 1. The van der Waals surface area contributed by atoms with E-state index in [1.807, 2.05) is 11.8 Å². The highest BCUT2D eigenvalue weighted by atomic mass is 79.9. The van der Waals surface area contributed by atoms with Crippen molar-refractivity contribution in [2.75, 3.05) is 5.75 Å². The molecule has 0 spiro atoms. The summed E-state index contributed by atoms with van der Waals surface area (Å²) in [5, 5.41) is 0. The van der Waals surface area contributed by atoms with Crippen molar-refractivity contribution in [3.8, 4) is 0 Å². The number of hydrogen-bond acceptors (Lipinski definition) is 2. The maximum absolute atomic E-state index is 11.1. The Kier molecular flexibility index (Phi) is 2.98. The first-order valence-electron chi connectivity index (χ1n) is 4.58. The van der Waals surface area contributed by atoms with Crippen LogP contribution in [-0.4, -0.2) is 11.5 Å². The van der Waals surface area contributed by atoms with Crippen LogP contribution in [0.3, 0.4) is 0 Å². The zero-order valence-electron chi connectivity index (χ0n) is 7.92. The normalized spacial score (nSPS) is 19.4. The second-order valence-corrected chi connectivity index (χ2v) is 5.57. The standard InChI is InChI=1S/C11H11BrOS/c1-7(13)4-8-6-14-11-3-2-9(12)5-10(8)11/h2-3,5,8H,4,6H2,1H3. The van der Waals surface area contributed by atoms with Crippen LogP contribution in [0.5, 0.6) is 0 Å². The first-order chi connectivity index (χ1) is 6.66. The molecule has 1 heterocycles. The van der Waals surface area contributed by atoms with Gasteiger partial charge in [-0.3, -0.25) is 0 Å². The van der Waals surface area contributed by atoms with Crippen molar-refractivity contribution in [2.45, 2.75) is 24.2 Å². The van der Waals surface area contributed by atoms with Crippen molar-refractivity contribution < 1.29 is 4.79 Å². The van der Waals surface area contributed by atoms with Gasteiger partial charge < -0.3 is 4.79 Å². The van der Waals surface area contributed by atoms with E-state index in [0.717, 1.165) is 10.2 Å². The van der Waals surface area contributed by atoms with Gasteiger partial charge in [-0.15, -0.1) is 11.8 Å². The van der Waals surface area contributed by atoms with Gasteiger partial charge >= 0.3 is 0 Å². The van der Waals surface area contributed by atoms with Crippen molar-refractivity contribution in [3.05, 3.63) is 28.2 Å².